The van der Waals surface area contributed by atoms with E-state index in [2.05, 4.69) is 5.16 Å². The molecule has 0 saturated carbocycles. The van der Waals surface area contributed by atoms with Crippen LogP contribution < -0.4 is 4.74 Å². The summed E-state index contributed by atoms with van der Waals surface area (Å²) in [5.41, 5.74) is 2.43. The van der Waals surface area contributed by atoms with Crippen LogP contribution in [0.3, 0.4) is 0 Å². The number of nitrogens with zero attached hydrogens (tertiary/aromatic N) is 1. The molecular formula is C14H14ClNO3. The molecule has 0 N–H and O–H groups in total. The van der Waals surface area contributed by atoms with Gasteiger partial charge in [-0.3, -0.25) is 4.79 Å². The van der Waals surface area contributed by atoms with Crippen LogP contribution in [0, 0.1) is 20.8 Å². The highest BCUT2D eigenvalue weighted by Crippen LogP contribution is 2.26. The number of carbonyl (C=O) groups excluding carboxylic acids is 1. The van der Waals surface area contributed by atoms with E-state index in [9.17, 15) is 4.79 Å². The minimum absolute atomic E-state index is 0.117. The molecule has 0 saturated heterocycles. The monoisotopic (exact) mass is 279 g/mol. The average molecular weight is 280 g/mol. The van der Waals surface area contributed by atoms with E-state index in [1.165, 1.54) is 0 Å². The standard InChI is InChI=1S/C14H14ClNO3/c1-8-4-5-12(15)13(6-8)18-14(17)7-11-9(2)16-19-10(11)3/h4-6H,7H2,1-3H3. The van der Waals surface area contributed by atoms with Gasteiger partial charge < -0.3 is 9.26 Å². The SMILES string of the molecule is Cc1ccc(Cl)c(OC(=O)Cc2c(C)noc2C)c1. The van der Waals surface area contributed by atoms with Crippen LogP contribution in [0.1, 0.15) is 22.6 Å². The molecule has 1 heterocycles. The predicted molar refractivity (Wildman–Crippen MR) is 71.5 cm³/mol. The molecule has 0 atom stereocenters. The van der Waals surface area contributed by atoms with Crippen molar-refractivity contribution in [1.29, 1.82) is 0 Å². The smallest absolute Gasteiger partial charge is 0.315 e. The van der Waals surface area contributed by atoms with Gasteiger partial charge in [0.15, 0.2) is 0 Å². The minimum atomic E-state index is -0.387. The van der Waals surface area contributed by atoms with Crippen LogP contribution in [0.4, 0.5) is 0 Å². The van der Waals surface area contributed by atoms with Gasteiger partial charge in [-0.05, 0) is 38.5 Å². The summed E-state index contributed by atoms with van der Waals surface area (Å²) < 4.78 is 10.3. The largest absolute Gasteiger partial charge is 0.425 e. The Morgan fingerprint density at radius 3 is 2.74 bits per heavy atom. The Hall–Kier alpha value is -1.81. The summed E-state index contributed by atoms with van der Waals surface area (Å²) in [6.07, 6.45) is 0.117. The highest BCUT2D eigenvalue weighted by molar-refractivity contribution is 6.32. The maximum atomic E-state index is 11.9. The molecule has 2 aromatic rings. The summed E-state index contributed by atoms with van der Waals surface area (Å²) in [6, 6.07) is 5.29. The number of aryl methyl sites for hydroxylation is 3. The molecule has 0 bridgehead atoms. The zero-order valence-electron chi connectivity index (χ0n) is 11.0. The molecule has 4 nitrogen and oxygen atoms in total. The fraction of sp³-hybridized carbons (Fsp3) is 0.286. The van der Waals surface area contributed by atoms with Crippen LogP contribution in [-0.4, -0.2) is 11.1 Å². The topological polar surface area (TPSA) is 52.3 Å². The van der Waals surface area contributed by atoms with E-state index in [1.807, 2.05) is 13.0 Å². The second-order valence-corrected chi connectivity index (χ2v) is 4.79. The molecule has 0 radical (unpaired) electrons. The third-order valence-corrected chi connectivity index (χ3v) is 3.13. The van der Waals surface area contributed by atoms with E-state index >= 15 is 0 Å². The first-order valence-electron chi connectivity index (χ1n) is 5.86. The summed E-state index contributed by atoms with van der Waals surface area (Å²) in [6.45, 7) is 5.46. The van der Waals surface area contributed by atoms with Gasteiger partial charge in [-0.1, -0.05) is 22.8 Å². The Labute approximate surface area is 116 Å². The number of hydrogen-bond acceptors (Lipinski definition) is 4. The molecule has 5 heteroatoms. The highest BCUT2D eigenvalue weighted by Gasteiger charge is 2.16. The van der Waals surface area contributed by atoms with Gasteiger partial charge >= 0.3 is 5.97 Å². The Morgan fingerprint density at radius 1 is 1.37 bits per heavy atom. The lowest BCUT2D eigenvalue weighted by molar-refractivity contribution is -0.133. The second-order valence-electron chi connectivity index (χ2n) is 4.39. The van der Waals surface area contributed by atoms with Gasteiger partial charge in [-0.2, -0.15) is 0 Å². The second kappa shape index (κ2) is 5.45. The zero-order chi connectivity index (χ0) is 14.0. The molecular weight excluding hydrogens is 266 g/mol. The van der Waals surface area contributed by atoms with Crippen molar-refractivity contribution in [2.75, 3.05) is 0 Å². The van der Waals surface area contributed by atoms with Crippen LogP contribution in [-0.2, 0) is 11.2 Å². The normalized spacial score (nSPS) is 10.5. The van der Waals surface area contributed by atoms with Crippen LogP contribution in [0.2, 0.25) is 5.02 Å². The minimum Gasteiger partial charge on any atom is -0.425 e. The Kier molecular flexibility index (Phi) is 3.90. The summed E-state index contributed by atoms with van der Waals surface area (Å²) in [5.74, 6) is 0.616. The van der Waals surface area contributed by atoms with Crippen molar-refractivity contribution >= 4 is 17.6 Å². The van der Waals surface area contributed by atoms with Gasteiger partial charge in [0.05, 0.1) is 17.1 Å². The summed E-state index contributed by atoms with van der Waals surface area (Å²) in [5, 5.41) is 4.21. The molecule has 0 amide bonds. The van der Waals surface area contributed by atoms with Crippen LogP contribution in [0.15, 0.2) is 22.7 Å². The Balaban J connectivity index is 2.12. The summed E-state index contributed by atoms with van der Waals surface area (Å²) in [7, 11) is 0. The fourth-order valence-electron chi connectivity index (χ4n) is 1.75. The van der Waals surface area contributed by atoms with Gasteiger partial charge in [0, 0.05) is 5.56 Å². The number of benzene rings is 1. The quantitative estimate of drug-likeness (QED) is 0.638. The number of hydrogen-bond donors (Lipinski definition) is 0. The van der Waals surface area contributed by atoms with Gasteiger partial charge in [-0.15, -0.1) is 0 Å². The summed E-state index contributed by atoms with van der Waals surface area (Å²) >= 11 is 5.98. The lowest BCUT2D eigenvalue weighted by Gasteiger charge is -2.07. The van der Waals surface area contributed by atoms with Gasteiger partial charge in [0.25, 0.3) is 0 Å². The number of halogens is 1. The lowest BCUT2D eigenvalue weighted by atomic mass is 10.1. The molecule has 19 heavy (non-hydrogen) atoms. The fourth-order valence-corrected chi connectivity index (χ4v) is 1.90. The van der Waals surface area contributed by atoms with Crippen molar-refractivity contribution in [1.82, 2.24) is 5.16 Å². The van der Waals surface area contributed by atoms with Crippen LogP contribution in [0.5, 0.6) is 5.75 Å². The van der Waals surface area contributed by atoms with Crippen molar-refractivity contribution in [3.63, 3.8) is 0 Å². The van der Waals surface area contributed by atoms with E-state index in [4.69, 9.17) is 20.9 Å². The molecule has 1 aromatic heterocycles. The van der Waals surface area contributed by atoms with Gasteiger partial charge in [0.2, 0.25) is 0 Å². The molecule has 0 aliphatic carbocycles. The molecule has 0 fully saturated rings. The summed E-state index contributed by atoms with van der Waals surface area (Å²) in [4.78, 5) is 11.9. The maximum absolute atomic E-state index is 11.9. The first-order valence-corrected chi connectivity index (χ1v) is 6.23. The van der Waals surface area contributed by atoms with Crippen LogP contribution in [0.25, 0.3) is 0 Å². The molecule has 0 aliphatic rings. The highest BCUT2D eigenvalue weighted by atomic mass is 35.5. The van der Waals surface area contributed by atoms with Crippen LogP contribution >= 0.6 is 11.6 Å². The third kappa shape index (κ3) is 3.15. The number of rotatable bonds is 3. The van der Waals surface area contributed by atoms with Gasteiger partial charge in [0.1, 0.15) is 11.5 Å². The molecule has 100 valence electrons. The van der Waals surface area contributed by atoms with Crippen molar-refractivity contribution in [2.24, 2.45) is 0 Å². The zero-order valence-corrected chi connectivity index (χ0v) is 11.7. The average Bonchev–Trinajstić information content (AvgIpc) is 2.65. The van der Waals surface area contributed by atoms with E-state index in [1.54, 1.807) is 26.0 Å². The van der Waals surface area contributed by atoms with Crippen molar-refractivity contribution in [3.8, 4) is 5.75 Å². The van der Waals surface area contributed by atoms with Crippen molar-refractivity contribution < 1.29 is 14.1 Å². The Bertz CT molecular complexity index is 600. The van der Waals surface area contributed by atoms with Crippen molar-refractivity contribution in [3.05, 3.63) is 45.8 Å². The van der Waals surface area contributed by atoms with E-state index in [0.717, 1.165) is 11.1 Å². The Morgan fingerprint density at radius 2 is 2.11 bits per heavy atom. The number of esters is 1. The molecule has 2 rings (SSSR count). The number of ether oxygens (including phenoxy) is 1. The first-order chi connectivity index (χ1) is 8.97. The number of carbonyl (C=O) groups is 1. The number of aromatic nitrogens is 1. The first kappa shape index (κ1) is 13.6. The van der Waals surface area contributed by atoms with Gasteiger partial charge in [-0.25, -0.2) is 0 Å². The third-order valence-electron chi connectivity index (χ3n) is 2.81. The predicted octanol–water partition coefficient (Wildman–Crippen LogP) is 3.40. The lowest BCUT2D eigenvalue weighted by Crippen LogP contribution is -2.12. The van der Waals surface area contributed by atoms with E-state index < -0.39 is 0 Å². The van der Waals surface area contributed by atoms with E-state index in [-0.39, 0.29) is 12.4 Å². The maximum Gasteiger partial charge on any atom is 0.315 e. The molecule has 1 aromatic carbocycles. The molecule has 0 aliphatic heterocycles. The molecule has 0 spiro atoms. The van der Waals surface area contributed by atoms with Crippen molar-refractivity contribution in [2.45, 2.75) is 27.2 Å². The molecule has 0 unspecified atom stereocenters. The van der Waals surface area contributed by atoms with E-state index in [0.29, 0.717) is 22.2 Å².